The van der Waals surface area contributed by atoms with E-state index in [1.165, 1.54) is 30.0 Å². The SMILES string of the molecule is COC(=O)Nc1cn(CC(=O)N2CCCCC2C(=O)OC)nn1. The molecule has 0 aromatic carbocycles. The van der Waals surface area contributed by atoms with E-state index in [4.69, 9.17) is 4.74 Å². The van der Waals surface area contributed by atoms with Crippen LogP contribution in [-0.4, -0.2) is 64.7 Å². The molecule has 0 bridgehead atoms. The minimum Gasteiger partial charge on any atom is -0.467 e. The number of rotatable bonds is 4. The molecule has 1 saturated heterocycles. The Bertz CT molecular complexity index is 587. The van der Waals surface area contributed by atoms with Crippen LogP contribution >= 0.6 is 0 Å². The largest absolute Gasteiger partial charge is 0.467 e. The summed E-state index contributed by atoms with van der Waals surface area (Å²) in [5.74, 6) is -0.493. The van der Waals surface area contributed by atoms with E-state index in [1.54, 1.807) is 0 Å². The fourth-order valence-corrected chi connectivity index (χ4v) is 2.43. The predicted molar refractivity (Wildman–Crippen MR) is 77.4 cm³/mol. The minimum atomic E-state index is -0.676. The zero-order chi connectivity index (χ0) is 16.8. The molecular weight excluding hydrogens is 306 g/mol. The summed E-state index contributed by atoms with van der Waals surface area (Å²) in [4.78, 5) is 36.8. The van der Waals surface area contributed by atoms with Crippen molar-refractivity contribution < 1.29 is 23.9 Å². The maximum Gasteiger partial charge on any atom is 0.412 e. The predicted octanol–water partition coefficient (Wildman–Crippen LogP) is 0.0105. The van der Waals surface area contributed by atoms with Crippen molar-refractivity contribution in [1.82, 2.24) is 19.9 Å². The zero-order valence-electron chi connectivity index (χ0n) is 13.0. The van der Waals surface area contributed by atoms with E-state index in [0.717, 1.165) is 12.8 Å². The Kier molecular flexibility index (Phi) is 5.50. The second-order valence-electron chi connectivity index (χ2n) is 5.04. The zero-order valence-corrected chi connectivity index (χ0v) is 13.0. The standard InChI is InChI=1S/C13H19N5O5/c1-22-12(20)9-5-3-4-6-18(9)11(19)8-17-7-10(15-16-17)14-13(21)23-2/h7,9H,3-6,8H2,1-2H3,(H,14,21). The number of hydrogen-bond donors (Lipinski definition) is 1. The summed E-state index contributed by atoms with van der Waals surface area (Å²) in [6.45, 7) is 0.421. The van der Waals surface area contributed by atoms with Crippen LogP contribution in [0.2, 0.25) is 0 Å². The number of aromatic nitrogens is 3. The average molecular weight is 325 g/mol. The molecule has 1 aromatic rings. The van der Waals surface area contributed by atoms with Crippen LogP contribution in [0.1, 0.15) is 19.3 Å². The highest BCUT2D eigenvalue weighted by Gasteiger charge is 2.32. The lowest BCUT2D eigenvalue weighted by molar-refractivity contribution is -0.155. The van der Waals surface area contributed by atoms with Crippen molar-refractivity contribution in [2.75, 3.05) is 26.1 Å². The second kappa shape index (κ2) is 7.56. The maximum absolute atomic E-state index is 12.4. The summed E-state index contributed by atoms with van der Waals surface area (Å²) < 4.78 is 10.5. The molecule has 1 aromatic heterocycles. The third-order valence-corrected chi connectivity index (χ3v) is 3.55. The van der Waals surface area contributed by atoms with Crippen LogP contribution in [0.15, 0.2) is 6.20 Å². The average Bonchev–Trinajstić information content (AvgIpc) is 3.00. The van der Waals surface area contributed by atoms with Gasteiger partial charge in [-0.05, 0) is 19.3 Å². The molecule has 1 unspecified atom stereocenters. The van der Waals surface area contributed by atoms with Crippen LogP contribution in [0, 0.1) is 0 Å². The molecule has 1 fully saturated rings. The van der Waals surface area contributed by atoms with Crippen LogP contribution in [0.3, 0.4) is 0 Å². The number of carbonyl (C=O) groups excluding carboxylic acids is 3. The van der Waals surface area contributed by atoms with Gasteiger partial charge in [0, 0.05) is 6.54 Å². The van der Waals surface area contributed by atoms with E-state index < -0.39 is 18.1 Å². The molecule has 2 heterocycles. The second-order valence-corrected chi connectivity index (χ2v) is 5.04. The van der Waals surface area contributed by atoms with Gasteiger partial charge in [0.2, 0.25) is 5.91 Å². The number of nitrogens with zero attached hydrogens (tertiary/aromatic N) is 4. The molecule has 0 radical (unpaired) electrons. The van der Waals surface area contributed by atoms with Crippen LogP contribution < -0.4 is 5.32 Å². The number of likely N-dealkylation sites (tertiary alicyclic amines) is 1. The fourth-order valence-electron chi connectivity index (χ4n) is 2.43. The first kappa shape index (κ1) is 16.7. The first-order valence-corrected chi connectivity index (χ1v) is 7.17. The van der Waals surface area contributed by atoms with Crippen molar-refractivity contribution in [2.45, 2.75) is 31.8 Å². The molecule has 1 N–H and O–H groups in total. The van der Waals surface area contributed by atoms with Gasteiger partial charge in [0.05, 0.1) is 20.4 Å². The summed E-state index contributed by atoms with van der Waals surface area (Å²) in [6.07, 6.45) is 3.04. The summed E-state index contributed by atoms with van der Waals surface area (Å²) >= 11 is 0. The summed E-state index contributed by atoms with van der Waals surface area (Å²) in [5.41, 5.74) is 0. The van der Waals surface area contributed by atoms with E-state index in [9.17, 15) is 14.4 Å². The monoisotopic (exact) mass is 325 g/mol. The first-order valence-electron chi connectivity index (χ1n) is 7.17. The highest BCUT2D eigenvalue weighted by atomic mass is 16.5. The van der Waals surface area contributed by atoms with Gasteiger partial charge in [0.1, 0.15) is 12.6 Å². The van der Waals surface area contributed by atoms with Gasteiger partial charge < -0.3 is 14.4 Å². The van der Waals surface area contributed by atoms with Gasteiger partial charge in [-0.3, -0.25) is 10.1 Å². The molecule has 0 aliphatic carbocycles. The van der Waals surface area contributed by atoms with E-state index in [2.05, 4.69) is 20.4 Å². The summed E-state index contributed by atoms with van der Waals surface area (Å²) in [7, 11) is 2.54. The van der Waals surface area contributed by atoms with E-state index >= 15 is 0 Å². The Labute approximate surface area is 132 Å². The molecule has 10 nitrogen and oxygen atoms in total. The van der Waals surface area contributed by atoms with Crippen LogP contribution in [0.4, 0.5) is 10.6 Å². The molecule has 0 spiro atoms. The number of ether oxygens (including phenoxy) is 2. The number of methoxy groups -OCH3 is 2. The molecular formula is C13H19N5O5. The van der Waals surface area contributed by atoms with Gasteiger partial charge >= 0.3 is 12.1 Å². The summed E-state index contributed by atoms with van der Waals surface area (Å²) in [6, 6.07) is -0.558. The Hall–Kier alpha value is -2.65. The van der Waals surface area contributed by atoms with Gasteiger partial charge in [-0.1, -0.05) is 5.21 Å². The van der Waals surface area contributed by atoms with Crippen molar-refractivity contribution in [2.24, 2.45) is 0 Å². The minimum absolute atomic E-state index is 0.0800. The van der Waals surface area contributed by atoms with Crippen LogP contribution in [-0.2, 0) is 25.6 Å². The van der Waals surface area contributed by atoms with Gasteiger partial charge in [0.25, 0.3) is 0 Å². The maximum atomic E-state index is 12.4. The quantitative estimate of drug-likeness (QED) is 0.775. The Balaban J connectivity index is 2.00. The normalized spacial score (nSPS) is 17.5. The smallest absolute Gasteiger partial charge is 0.412 e. The highest BCUT2D eigenvalue weighted by molar-refractivity contribution is 5.85. The van der Waals surface area contributed by atoms with E-state index in [1.807, 2.05) is 0 Å². The van der Waals surface area contributed by atoms with Crippen molar-refractivity contribution >= 4 is 23.8 Å². The first-order chi connectivity index (χ1) is 11.0. The van der Waals surface area contributed by atoms with Gasteiger partial charge in [-0.15, -0.1) is 5.10 Å². The number of piperidine rings is 1. The number of nitrogens with one attached hydrogen (secondary N) is 1. The van der Waals surface area contributed by atoms with Gasteiger partial charge in [-0.2, -0.15) is 0 Å². The van der Waals surface area contributed by atoms with Crippen molar-refractivity contribution in [1.29, 1.82) is 0 Å². The number of hydrogen-bond acceptors (Lipinski definition) is 7. The van der Waals surface area contributed by atoms with Gasteiger partial charge in [-0.25, -0.2) is 14.3 Å². The molecule has 10 heteroatoms. The van der Waals surface area contributed by atoms with Crippen molar-refractivity contribution in [3.63, 3.8) is 0 Å². The molecule has 23 heavy (non-hydrogen) atoms. The Morgan fingerprint density at radius 3 is 2.78 bits per heavy atom. The van der Waals surface area contributed by atoms with Crippen molar-refractivity contribution in [3.8, 4) is 0 Å². The van der Waals surface area contributed by atoms with Crippen LogP contribution in [0.5, 0.6) is 0 Å². The number of anilines is 1. The van der Waals surface area contributed by atoms with E-state index in [0.29, 0.717) is 13.0 Å². The number of carbonyl (C=O) groups is 3. The molecule has 1 aliphatic heterocycles. The third kappa shape index (κ3) is 4.18. The van der Waals surface area contributed by atoms with Gasteiger partial charge in [0.15, 0.2) is 5.82 Å². The topological polar surface area (TPSA) is 116 Å². The molecule has 1 atom stereocenters. The molecule has 0 saturated carbocycles. The fraction of sp³-hybridized carbons (Fsp3) is 0.615. The highest BCUT2D eigenvalue weighted by Crippen LogP contribution is 2.18. The van der Waals surface area contributed by atoms with Crippen molar-refractivity contribution in [3.05, 3.63) is 6.20 Å². The van der Waals surface area contributed by atoms with Crippen LogP contribution in [0.25, 0.3) is 0 Å². The lowest BCUT2D eigenvalue weighted by atomic mass is 10.0. The Morgan fingerprint density at radius 2 is 2.09 bits per heavy atom. The summed E-state index contributed by atoms with van der Waals surface area (Å²) in [5, 5.41) is 9.82. The third-order valence-electron chi connectivity index (χ3n) is 3.55. The molecule has 2 amide bonds. The number of amides is 2. The molecule has 126 valence electrons. The Morgan fingerprint density at radius 1 is 1.30 bits per heavy atom. The van der Waals surface area contributed by atoms with E-state index in [-0.39, 0.29) is 18.3 Å². The lowest BCUT2D eigenvalue weighted by Crippen LogP contribution is -2.49. The molecule has 1 aliphatic rings. The molecule has 2 rings (SSSR count). The number of esters is 1. The lowest BCUT2D eigenvalue weighted by Gasteiger charge is -2.33.